The molecule has 0 aliphatic rings. The van der Waals surface area contributed by atoms with E-state index >= 15 is 0 Å². The molecule has 0 saturated carbocycles. The number of tetrazole rings is 1. The number of hydrogen-bond acceptors (Lipinski definition) is 6. The normalized spacial score (nSPS) is 11.6. The highest BCUT2D eigenvalue weighted by Crippen LogP contribution is 2.15. The molecule has 0 aliphatic heterocycles. The van der Waals surface area contributed by atoms with Crippen LogP contribution in [-0.2, 0) is 9.59 Å². The largest absolute Gasteiger partial charge is 0.387 e. The van der Waals surface area contributed by atoms with Gasteiger partial charge < -0.3 is 15.7 Å². The number of carbonyl (C=O) groups excluding carboxylic acids is 2. The number of nitrogens with one attached hydrogen (secondary N) is 2. The number of anilines is 1. The number of aryl methyl sites for hydroxylation is 1. The fourth-order valence-electron chi connectivity index (χ4n) is 2.44. The Hall–Kier alpha value is -3.59. The minimum absolute atomic E-state index is 0.0693. The van der Waals surface area contributed by atoms with Crippen LogP contribution in [0, 0.1) is 6.92 Å². The molecular weight excluding hydrogens is 348 g/mol. The molecular formula is C18H18N6O3. The van der Waals surface area contributed by atoms with Gasteiger partial charge in [0.15, 0.2) is 5.82 Å². The van der Waals surface area contributed by atoms with Crippen molar-refractivity contribution in [2.24, 2.45) is 0 Å². The Morgan fingerprint density at radius 3 is 2.59 bits per heavy atom. The predicted octanol–water partition coefficient (Wildman–Crippen LogP) is 0.759. The maximum atomic E-state index is 12.1. The van der Waals surface area contributed by atoms with E-state index in [-0.39, 0.29) is 6.54 Å². The van der Waals surface area contributed by atoms with Crippen molar-refractivity contribution in [2.75, 3.05) is 11.9 Å². The molecule has 0 radical (unpaired) electrons. The van der Waals surface area contributed by atoms with Gasteiger partial charge in [0.05, 0.1) is 11.8 Å². The Bertz CT molecular complexity index is 941. The van der Waals surface area contributed by atoms with Crippen LogP contribution in [0.1, 0.15) is 17.5 Å². The summed E-state index contributed by atoms with van der Waals surface area (Å²) in [4.78, 5) is 24.1. The van der Waals surface area contributed by atoms with Crippen molar-refractivity contribution in [3.8, 4) is 5.69 Å². The number of aliphatic hydroxyl groups excluding tert-OH is 1. The van der Waals surface area contributed by atoms with Crippen molar-refractivity contribution >= 4 is 17.5 Å². The molecule has 3 aromatic rings. The first-order valence-electron chi connectivity index (χ1n) is 8.22. The summed E-state index contributed by atoms with van der Waals surface area (Å²) in [5.74, 6) is -1.08. The molecule has 0 saturated heterocycles. The third-order valence-corrected chi connectivity index (χ3v) is 3.82. The average molecular weight is 366 g/mol. The van der Waals surface area contributed by atoms with Crippen molar-refractivity contribution < 1.29 is 14.7 Å². The fraction of sp³-hybridized carbons (Fsp3) is 0.167. The molecule has 9 heteroatoms. The topological polar surface area (TPSA) is 122 Å². The van der Waals surface area contributed by atoms with E-state index in [9.17, 15) is 14.7 Å². The van der Waals surface area contributed by atoms with Gasteiger partial charge in [-0.2, -0.15) is 4.68 Å². The number of aromatic nitrogens is 4. The van der Waals surface area contributed by atoms with E-state index < -0.39 is 17.9 Å². The maximum Gasteiger partial charge on any atom is 0.313 e. The van der Waals surface area contributed by atoms with Crippen molar-refractivity contribution in [1.82, 2.24) is 25.5 Å². The van der Waals surface area contributed by atoms with Crippen LogP contribution in [0.5, 0.6) is 0 Å². The van der Waals surface area contributed by atoms with E-state index in [4.69, 9.17) is 0 Å². The van der Waals surface area contributed by atoms with Crippen molar-refractivity contribution in [3.63, 3.8) is 0 Å². The quantitative estimate of drug-likeness (QED) is 0.573. The van der Waals surface area contributed by atoms with Gasteiger partial charge in [-0.15, -0.1) is 5.10 Å². The summed E-state index contributed by atoms with van der Waals surface area (Å²) in [5.41, 5.74) is 1.73. The highest BCUT2D eigenvalue weighted by molar-refractivity contribution is 6.39. The molecule has 27 heavy (non-hydrogen) atoms. The van der Waals surface area contributed by atoms with Crippen molar-refractivity contribution in [3.05, 3.63) is 66.0 Å². The van der Waals surface area contributed by atoms with E-state index in [1.165, 1.54) is 4.68 Å². The SMILES string of the molecule is Cc1nnnn1-c1cccc(NC(=O)C(=O)NC[C@H](O)c2ccccc2)c1. The fourth-order valence-corrected chi connectivity index (χ4v) is 2.44. The molecule has 3 rings (SSSR count). The number of amides is 2. The summed E-state index contributed by atoms with van der Waals surface area (Å²) in [6, 6.07) is 15.7. The number of hydrogen-bond donors (Lipinski definition) is 3. The number of aliphatic hydroxyl groups is 1. The van der Waals surface area contributed by atoms with Crippen LogP contribution in [0.3, 0.4) is 0 Å². The van der Waals surface area contributed by atoms with E-state index in [1.54, 1.807) is 55.5 Å². The van der Waals surface area contributed by atoms with Gasteiger partial charge in [0, 0.05) is 12.2 Å². The van der Waals surface area contributed by atoms with E-state index in [0.717, 1.165) is 0 Å². The lowest BCUT2D eigenvalue weighted by atomic mass is 10.1. The van der Waals surface area contributed by atoms with E-state index in [0.29, 0.717) is 22.8 Å². The second-order valence-electron chi connectivity index (χ2n) is 5.78. The number of benzene rings is 2. The molecule has 1 atom stereocenters. The number of nitrogens with zero attached hydrogens (tertiary/aromatic N) is 4. The summed E-state index contributed by atoms with van der Waals surface area (Å²) in [5, 5.41) is 26.2. The lowest BCUT2D eigenvalue weighted by Crippen LogP contribution is -2.37. The first-order valence-corrected chi connectivity index (χ1v) is 8.22. The smallest absolute Gasteiger partial charge is 0.313 e. The van der Waals surface area contributed by atoms with E-state index in [2.05, 4.69) is 26.2 Å². The third kappa shape index (κ3) is 4.53. The monoisotopic (exact) mass is 366 g/mol. The average Bonchev–Trinajstić information content (AvgIpc) is 3.12. The number of rotatable bonds is 5. The van der Waals surface area contributed by atoms with Gasteiger partial charge in [-0.3, -0.25) is 9.59 Å². The molecule has 1 aromatic heterocycles. The molecule has 0 bridgehead atoms. The van der Waals surface area contributed by atoms with Gasteiger partial charge in [-0.05, 0) is 41.1 Å². The Morgan fingerprint density at radius 1 is 1.11 bits per heavy atom. The van der Waals surface area contributed by atoms with Gasteiger partial charge >= 0.3 is 11.8 Å². The molecule has 0 spiro atoms. The molecule has 1 heterocycles. The third-order valence-electron chi connectivity index (χ3n) is 3.82. The van der Waals surface area contributed by atoms with Gasteiger partial charge in [0.25, 0.3) is 0 Å². The second kappa shape index (κ2) is 8.19. The molecule has 9 nitrogen and oxygen atoms in total. The molecule has 0 fully saturated rings. The van der Waals surface area contributed by atoms with E-state index in [1.807, 2.05) is 6.07 Å². The van der Waals surface area contributed by atoms with Gasteiger partial charge in [0.2, 0.25) is 0 Å². The zero-order valence-corrected chi connectivity index (χ0v) is 14.5. The summed E-state index contributed by atoms with van der Waals surface area (Å²) < 4.78 is 1.51. The first-order chi connectivity index (χ1) is 13.0. The highest BCUT2D eigenvalue weighted by Gasteiger charge is 2.16. The van der Waals surface area contributed by atoms with Crippen molar-refractivity contribution in [1.29, 1.82) is 0 Å². The van der Waals surface area contributed by atoms with Crippen LogP contribution < -0.4 is 10.6 Å². The summed E-state index contributed by atoms with van der Waals surface area (Å²) >= 11 is 0. The summed E-state index contributed by atoms with van der Waals surface area (Å²) in [6.07, 6.45) is -0.894. The Labute approximate surface area is 155 Å². The zero-order valence-electron chi connectivity index (χ0n) is 14.5. The summed E-state index contributed by atoms with van der Waals surface area (Å²) in [6.45, 7) is 1.68. The van der Waals surface area contributed by atoms with Crippen LogP contribution in [0.25, 0.3) is 5.69 Å². The maximum absolute atomic E-state index is 12.1. The van der Waals surface area contributed by atoms with Gasteiger partial charge in [-0.25, -0.2) is 0 Å². The Kier molecular flexibility index (Phi) is 5.53. The molecule has 2 amide bonds. The molecule has 0 aliphatic carbocycles. The predicted molar refractivity (Wildman–Crippen MR) is 96.9 cm³/mol. The lowest BCUT2D eigenvalue weighted by Gasteiger charge is -2.12. The minimum atomic E-state index is -0.894. The Morgan fingerprint density at radius 2 is 1.89 bits per heavy atom. The molecule has 0 unspecified atom stereocenters. The summed E-state index contributed by atoms with van der Waals surface area (Å²) in [7, 11) is 0. The molecule has 138 valence electrons. The van der Waals surface area contributed by atoms with Gasteiger partial charge in [0.1, 0.15) is 0 Å². The first kappa shape index (κ1) is 18.2. The lowest BCUT2D eigenvalue weighted by molar-refractivity contribution is -0.136. The minimum Gasteiger partial charge on any atom is -0.387 e. The second-order valence-corrected chi connectivity index (χ2v) is 5.78. The van der Waals surface area contributed by atoms with Crippen LogP contribution >= 0.6 is 0 Å². The van der Waals surface area contributed by atoms with Crippen molar-refractivity contribution in [2.45, 2.75) is 13.0 Å². The van der Waals surface area contributed by atoms with Crippen LogP contribution in [-0.4, -0.2) is 43.7 Å². The molecule has 3 N–H and O–H groups in total. The highest BCUT2D eigenvalue weighted by atomic mass is 16.3. The molecule has 2 aromatic carbocycles. The van der Waals surface area contributed by atoms with Crippen LogP contribution in [0.15, 0.2) is 54.6 Å². The van der Waals surface area contributed by atoms with Crippen LogP contribution in [0.4, 0.5) is 5.69 Å². The van der Waals surface area contributed by atoms with Crippen LogP contribution in [0.2, 0.25) is 0 Å². The standard InChI is InChI=1S/C18H18N6O3/c1-12-21-22-23-24(12)15-9-5-8-14(10-15)20-18(27)17(26)19-11-16(25)13-6-3-2-4-7-13/h2-10,16,25H,11H2,1H3,(H,19,26)(H,20,27)/t16-/m0/s1. The number of carbonyl (C=O) groups is 2. The van der Waals surface area contributed by atoms with Gasteiger partial charge in [-0.1, -0.05) is 36.4 Å². The Balaban J connectivity index is 1.58. The zero-order chi connectivity index (χ0) is 19.2.